The molecule has 5 heteroatoms. The molecule has 1 aliphatic rings. The Morgan fingerprint density at radius 1 is 1.55 bits per heavy atom. The van der Waals surface area contributed by atoms with Crippen LogP contribution >= 0.6 is 0 Å². The van der Waals surface area contributed by atoms with E-state index in [4.69, 9.17) is 0 Å². The first kappa shape index (κ1) is 9.12. The number of likely N-dealkylation sites (tertiary alicyclic amines) is 1. The summed E-state index contributed by atoms with van der Waals surface area (Å²) in [7, 11) is 2.02. The van der Waals surface area contributed by atoms with Crippen molar-refractivity contribution in [1.29, 1.82) is 0 Å². The second kappa shape index (κ2) is 4.15. The minimum absolute atomic E-state index is 0.0930. The fraction of sp³-hybridized carbons (Fsp3) is 1.00. The maximum atomic E-state index is 10.1. The molecule has 0 bridgehead atoms. The van der Waals surface area contributed by atoms with E-state index in [0.717, 1.165) is 25.9 Å². The Bertz CT molecular complexity index is 145. The van der Waals surface area contributed by atoms with Gasteiger partial charge in [-0.1, -0.05) is 0 Å². The molecule has 1 aliphatic heterocycles. The summed E-state index contributed by atoms with van der Waals surface area (Å²) >= 11 is -2.34. The van der Waals surface area contributed by atoms with Crippen molar-refractivity contribution in [3.8, 4) is 0 Å². The van der Waals surface area contributed by atoms with Gasteiger partial charge in [-0.05, 0) is 19.9 Å². The minimum atomic E-state index is -2.34. The standard InChI is InChI=1S/C6H13NO3S/c1-7-4-2-6(3-5-7)10-11(8)9/h6H,2-5H2,1H3,(H,8,9)/p-1. The summed E-state index contributed by atoms with van der Waals surface area (Å²) in [6.07, 6.45) is 1.53. The van der Waals surface area contributed by atoms with Crippen molar-refractivity contribution in [2.24, 2.45) is 0 Å². The van der Waals surface area contributed by atoms with E-state index in [9.17, 15) is 8.76 Å². The average molecular weight is 178 g/mol. The quantitative estimate of drug-likeness (QED) is 0.554. The Kier molecular flexibility index (Phi) is 3.45. The molecule has 1 atom stereocenters. The molecule has 0 aromatic carbocycles. The molecule has 0 aliphatic carbocycles. The molecular formula is C6H12NO3S-. The Labute approximate surface area is 69.0 Å². The van der Waals surface area contributed by atoms with Crippen LogP contribution in [0.25, 0.3) is 0 Å². The Balaban J connectivity index is 2.22. The lowest BCUT2D eigenvalue weighted by Gasteiger charge is -2.28. The van der Waals surface area contributed by atoms with Crippen LogP contribution in [0.4, 0.5) is 0 Å². The molecule has 0 amide bonds. The Hall–Kier alpha value is 0.0300. The van der Waals surface area contributed by atoms with Crippen LogP contribution < -0.4 is 0 Å². The highest BCUT2D eigenvalue weighted by molar-refractivity contribution is 7.74. The van der Waals surface area contributed by atoms with Crippen LogP contribution in [0.5, 0.6) is 0 Å². The van der Waals surface area contributed by atoms with E-state index in [1.807, 2.05) is 7.05 Å². The maximum Gasteiger partial charge on any atom is 0.0844 e. The lowest BCUT2D eigenvalue weighted by molar-refractivity contribution is 0.116. The summed E-state index contributed by atoms with van der Waals surface area (Å²) in [5.74, 6) is 0. The minimum Gasteiger partial charge on any atom is -0.750 e. The van der Waals surface area contributed by atoms with Crippen LogP contribution in [-0.2, 0) is 15.5 Å². The van der Waals surface area contributed by atoms with Gasteiger partial charge in [0.15, 0.2) is 0 Å². The monoisotopic (exact) mass is 178 g/mol. The molecule has 66 valence electrons. The van der Waals surface area contributed by atoms with Gasteiger partial charge in [-0.15, -0.1) is 0 Å². The van der Waals surface area contributed by atoms with Crippen LogP contribution in [-0.4, -0.2) is 39.9 Å². The van der Waals surface area contributed by atoms with Gasteiger partial charge in [-0.3, -0.25) is 4.18 Å². The third-order valence-corrected chi connectivity index (χ3v) is 2.31. The zero-order chi connectivity index (χ0) is 8.27. The summed E-state index contributed by atoms with van der Waals surface area (Å²) in [5.41, 5.74) is 0. The molecule has 1 saturated heterocycles. The molecule has 1 rings (SSSR count). The fourth-order valence-electron chi connectivity index (χ4n) is 1.19. The molecule has 0 radical (unpaired) electrons. The molecule has 1 fully saturated rings. The van der Waals surface area contributed by atoms with E-state index in [1.54, 1.807) is 0 Å². The molecule has 1 unspecified atom stereocenters. The largest absolute Gasteiger partial charge is 0.750 e. The van der Waals surface area contributed by atoms with Crippen LogP contribution in [0.1, 0.15) is 12.8 Å². The normalized spacial score (nSPS) is 25.3. The number of hydrogen-bond donors (Lipinski definition) is 0. The Morgan fingerprint density at radius 3 is 2.55 bits per heavy atom. The first-order chi connectivity index (χ1) is 5.18. The molecule has 0 N–H and O–H groups in total. The topological polar surface area (TPSA) is 52.6 Å². The van der Waals surface area contributed by atoms with Gasteiger partial charge in [0.05, 0.1) is 17.5 Å². The van der Waals surface area contributed by atoms with Crippen molar-refractivity contribution in [3.63, 3.8) is 0 Å². The smallest absolute Gasteiger partial charge is 0.0844 e. The van der Waals surface area contributed by atoms with Crippen molar-refractivity contribution in [2.75, 3.05) is 20.1 Å². The third-order valence-electron chi connectivity index (χ3n) is 1.88. The van der Waals surface area contributed by atoms with Gasteiger partial charge in [-0.25, -0.2) is 4.21 Å². The van der Waals surface area contributed by atoms with Gasteiger partial charge in [0.2, 0.25) is 0 Å². The second-order valence-corrected chi connectivity index (χ2v) is 3.40. The highest BCUT2D eigenvalue weighted by Crippen LogP contribution is 2.12. The summed E-state index contributed by atoms with van der Waals surface area (Å²) in [6, 6.07) is 0. The van der Waals surface area contributed by atoms with E-state index in [-0.39, 0.29) is 6.10 Å². The maximum absolute atomic E-state index is 10.1. The highest BCUT2D eigenvalue weighted by atomic mass is 32.2. The van der Waals surface area contributed by atoms with E-state index >= 15 is 0 Å². The number of rotatable bonds is 2. The molecule has 0 aromatic heterocycles. The summed E-state index contributed by atoms with van der Waals surface area (Å²) < 4.78 is 24.9. The fourth-order valence-corrected chi connectivity index (χ4v) is 1.61. The highest BCUT2D eigenvalue weighted by Gasteiger charge is 2.16. The van der Waals surface area contributed by atoms with Crippen molar-refractivity contribution in [3.05, 3.63) is 0 Å². The van der Waals surface area contributed by atoms with Crippen LogP contribution in [0, 0.1) is 0 Å². The lowest BCUT2D eigenvalue weighted by Crippen LogP contribution is -2.34. The van der Waals surface area contributed by atoms with Crippen molar-refractivity contribution in [2.45, 2.75) is 18.9 Å². The van der Waals surface area contributed by atoms with E-state index in [2.05, 4.69) is 9.08 Å². The van der Waals surface area contributed by atoms with E-state index in [1.165, 1.54) is 0 Å². The summed E-state index contributed by atoms with van der Waals surface area (Å²) in [4.78, 5) is 2.16. The van der Waals surface area contributed by atoms with Gasteiger partial charge < -0.3 is 9.45 Å². The predicted molar refractivity (Wildman–Crippen MR) is 40.5 cm³/mol. The summed E-state index contributed by atoms with van der Waals surface area (Å²) in [6.45, 7) is 1.84. The van der Waals surface area contributed by atoms with Gasteiger partial charge in [0.1, 0.15) is 0 Å². The van der Waals surface area contributed by atoms with Gasteiger partial charge in [0.25, 0.3) is 0 Å². The van der Waals surface area contributed by atoms with Crippen molar-refractivity contribution in [1.82, 2.24) is 4.90 Å². The zero-order valence-corrected chi connectivity index (χ0v) is 7.30. The molecule has 1 heterocycles. The van der Waals surface area contributed by atoms with Crippen LogP contribution in [0.15, 0.2) is 0 Å². The van der Waals surface area contributed by atoms with Gasteiger partial charge >= 0.3 is 0 Å². The molecule has 4 nitrogen and oxygen atoms in total. The van der Waals surface area contributed by atoms with Crippen molar-refractivity contribution >= 4 is 11.4 Å². The number of piperidine rings is 1. The SMILES string of the molecule is CN1CCC(OS(=O)[O-])CC1. The molecule has 0 spiro atoms. The van der Waals surface area contributed by atoms with Gasteiger partial charge in [-0.2, -0.15) is 0 Å². The molecule has 0 saturated carbocycles. The first-order valence-corrected chi connectivity index (χ1v) is 4.63. The number of nitrogens with zero attached hydrogens (tertiary/aromatic N) is 1. The average Bonchev–Trinajstić information content (AvgIpc) is 1.93. The van der Waals surface area contributed by atoms with Crippen LogP contribution in [0.3, 0.4) is 0 Å². The van der Waals surface area contributed by atoms with Gasteiger partial charge in [0, 0.05) is 13.1 Å². The predicted octanol–water partition coefficient (Wildman–Crippen LogP) is -0.109. The van der Waals surface area contributed by atoms with E-state index < -0.39 is 11.4 Å². The van der Waals surface area contributed by atoms with Crippen molar-refractivity contribution < 1.29 is 12.9 Å². The van der Waals surface area contributed by atoms with E-state index in [0.29, 0.717) is 0 Å². The third kappa shape index (κ3) is 3.29. The lowest BCUT2D eigenvalue weighted by atomic mass is 10.1. The number of hydrogen-bond acceptors (Lipinski definition) is 4. The molecular weight excluding hydrogens is 166 g/mol. The zero-order valence-electron chi connectivity index (χ0n) is 6.49. The second-order valence-electron chi connectivity index (χ2n) is 2.80. The summed E-state index contributed by atoms with van der Waals surface area (Å²) in [5, 5.41) is 0. The first-order valence-electron chi connectivity index (χ1n) is 3.63. The Morgan fingerprint density at radius 2 is 2.09 bits per heavy atom. The molecule has 0 aromatic rings. The molecule has 11 heavy (non-hydrogen) atoms. The van der Waals surface area contributed by atoms with Crippen LogP contribution in [0.2, 0.25) is 0 Å².